The molecule has 0 radical (unpaired) electrons. The van der Waals surface area contributed by atoms with E-state index in [1.807, 2.05) is 6.20 Å². The highest BCUT2D eigenvalue weighted by Gasteiger charge is 2.25. The average Bonchev–Trinajstić information content (AvgIpc) is 2.76. The van der Waals surface area contributed by atoms with E-state index in [1.54, 1.807) is 0 Å². The summed E-state index contributed by atoms with van der Waals surface area (Å²) in [5.41, 5.74) is 1.40. The zero-order chi connectivity index (χ0) is 12.5. The van der Waals surface area contributed by atoms with E-state index in [2.05, 4.69) is 42.8 Å². The molecule has 2 heterocycles. The van der Waals surface area contributed by atoms with E-state index in [0.29, 0.717) is 0 Å². The highest BCUT2D eigenvalue weighted by molar-refractivity contribution is 5.42. The van der Waals surface area contributed by atoms with Crippen molar-refractivity contribution in [1.29, 1.82) is 0 Å². The minimum atomic E-state index is 0.146. The van der Waals surface area contributed by atoms with Crippen molar-refractivity contribution in [3.63, 3.8) is 0 Å². The standard InChI is InChI=1S/C14H22N2O/c1-14(2,3)11-6-7-13(15-9-11)16-8-4-5-12(16)10-17/h6-7,9,12,17H,4-5,8,10H2,1-3H3. The van der Waals surface area contributed by atoms with Gasteiger partial charge in [-0.2, -0.15) is 0 Å². The largest absolute Gasteiger partial charge is 0.394 e. The van der Waals surface area contributed by atoms with E-state index < -0.39 is 0 Å². The summed E-state index contributed by atoms with van der Waals surface area (Å²) >= 11 is 0. The maximum atomic E-state index is 9.31. The third-order valence-electron chi connectivity index (χ3n) is 3.50. The Morgan fingerprint density at radius 2 is 2.18 bits per heavy atom. The van der Waals surface area contributed by atoms with E-state index in [0.717, 1.165) is 25.2 Å². The van der Waals surface area contributed by atoms with Gasteiger partial charge in [0.2, 0.25) is 0 Å². The number of nitrogens with zero attached hydrogens (tertiary/aromatic N) is 2. The highest BCUT2D eigenvalue weighted by Crippen LogP contribution is 2.26. The lowest BCUT2D eigenvalue weighted by molar-refractivity contribution is 0.266. The molecule has 3 heteroatoms. The maximum absolute atomic E-state index is 9.31. The molecule has 0 aliphatic carbocycles. The van der Waals surface area contributed by atoms with Crippen molar-refractivity contribution in [1.82, 2.24) is 4.98 Å². The summed E-state index contributed by atoms with van der Waals surface area (Å²) in [7, 11) is 0. The molecule has 1 saturated heterocycles. The average molecular weight is 234 g/mol. The van der Waals surface area contributed by atoms with Crippen LogP contribution in [0.4, 0.5) is 5.82 Å². The number of hydrogen-bond acceptors (Lipinski definition) is 3. The SMILES string of the molecule is CC(C)(C)c1ccc(N2CCCC2CO)nc1. The molecule has 1 atom stereocenters. The van der Waals surface area contributed by atoms with Gasteiger partial charge in [-0.15, -0.1) is 0 Å². The Labute approximate surface area is 103 Å². The van der Waals surface area contributed by atoms with E-state index in [4.69, 9.17) is 0 Å². The van der Waals surface area contributed by atoms with Crippen LogP contribution in [-0.4, -0.2) is 29.3 Å². The van der Waals surface area contributed by atoms with Crippen molar-refractivity contribution in [2.75, 3.05) is 18.1 Å². The molecule has 94 valence electrons. The number of aliphatic hydroxyl groups excluding tert-OH is 1. The van der Waals surface area contributed by atoms with Crippen LogP contribution in [0.5, 0.6) is 0 Å². The van der Waals surface area contributed by atoms with Crippen molar-refractivity contribution >= 4 is 5.82 Å². The molecule has 1 aromatic heterocycles. The van der Waals surface area contributed by atoms with Crippen LogP contribution >= 0.6 is 0 Å². The van der Waals surface area contributed by atoms with Crippen LogP contribution in [0.3, 0.4) is 0 Å². The Balaban J connectivity index is 2.18. The predicted molar refractivity (Wildman–Crippen MR) is 70.4 cm³/mol. The number of anilines is 1. The van der Waals surface area contributed by atoms with Gasteiger partial charge >= 0.3 is 0 Å². The first kappa shape index (κ1) is 12.4. The van der Waals surface area contributed by atoms with Gasteiger partial charge in [-0.1, -0.05) is 26.8 Å². The molecule has 1 fully saturated rings. The molecule has 0 spiro atoms. The monoisotopic (exact) mass is 234 g/mol. The fourth-order valence-corrected chi connectivity index (χ4v) is 2.33. The smallest absolute Gasteiger partial charge is 0.128 e. The Morgan fingerprint density at radius 1 is 1.41 bits per heavy atom. The van der Waals surface area contributed by atoms with Gasteiger partial charge in [0.1, 0.15) is 5.82 Å². The first-order valence-corrected chi connectivity index (χ1v) is 6.36. The van der Waals surface area contributed by atoms with Gasteiger partial charge in [0.05, 0.1) is 12.6 Å². The third kappa shape index (κ3) is 2.60. The van der Waals surface area contributed by atoms with E-state index >= 15 is 0 Å². The fraction of sp³-hybridized carbons (Fsp3) is 0.643. The third-order valence-corrected chi connectivity index (χ3v) is 3.50. The van der Waals surface area contributed by atoms with Gasteiger partial charge in [-0.3, -0.25) is 0 Å². The van der Waals surface area contributed by atoms with Crippen LogP contribution in [0.15, 0.2) is 18.3 Å². The topological polar surface area (TPSA) is 36.4 Å². The second-order valence-corrected chi connectivity index (χ2v) is 5.83. The van der Waals surface area contributed by atoms with Crippen molar-refractivity contribution in [3.8, 4) is 0 Å². The molecule has 1 aromatic rings. The summed E-state index contributed by atoms with van der Waals surface area (Å²) in [6.45, 7) is 7.80. The molecule has 1 unspecified atom stereocenters. The molecule has 2 rings (SSSR count). The van der Waals surface area contributed by atoms with Crippen molar-refractivity contribution in [2.45, 2.75) is 45.1 Å². The molecule has 1 aliphatic rings. The summed E-state index contributed by atoms with van der Waals surface area (Å²) in [6, 6.07) is 4.48. The quantitative estimate of drug-likeness (QED) is 0.853. The molecule has 0 aromatic carbocycles. The number of aromatic nitrogens is 1. The molecule has 0 bridgehead atoms. The Morgan fingerprint density at radius 3 is 2.71 bits per heavy atom. The predicted octanol–water partition coefficient (Wildman–Crippen LogP) is 2.34. The Kier molecular flexibility index (Phi) is 3.38. The van der Waals surface area contributed by atoms with Crippen LogP contribution in [-0.2, 0) is 5.41 Å². The summed E-state index contributed by atoms with van der Waals surface area (Å²) in [6.07, 6.45) is 4.18. The normalized spacial score (nSPS) is 20.9. The molecule has 3 nitrogen and oxygen atoms in total. The van der Waals surface area contributed by atoms with E-state index in [1.165, 1.54) is 5.56 Å². The van der Waals surface area contributed by atoms with Crippen molar-refractivity contribution in [3.05, 3.63) is 23.9 Å². The molecular weight excluding hydrogens is 212 g/mol. The maximum Gasteiger partial charge on any atom is 0.128 e. The minimum absolute atomic E-state index is 0.146. The van der Waals surface area contributed by atoms with Crippen molar-refractivity contribution < 1.29 is 5.11 Å². The van der Waals surface area contributed by atoms with Crippen molar-refractivity contribution in [2.24, 2.45) is 0 Å². The number of rotatable bonds is 2. The minimum Gasteiger partial charge on any atom is -0.394 e. The second-order valence-electron chi connectivity index (χ2n) is 5.83. The van der Waals surface area contributed by atoms with Crippen LogP contribution in [0, 0.1) is 0 Å². The Hall–Kier alpha value is -1.09. The summed E-state index contributed by atoms with van der Waals surface area (Å²) in [5, 5.41) is 9.31. The lowest BCUT2D eigenvalue weighted by atomic mass is 9.88. The van der Waals surface area contributed by atoms with Gasteiger partial charge in [0.25, 0.3) is 0 Å². The van der Waals surface area contributed by atoms with E-state index in [-0.39, 0.29) is 18.1 Å². The zero-order valence-electron chi connectivity index (χ0n) is 11.0. The first-order chi connectivity index (χ1) is 8.02. The summed E-state index contributed by atoms with van der Waals surface area (Å²) in [4.78, 5) is 6.75. The van der Waals surface area contributed by atoms with Gasteiger partial charge in [0.15, 0.2) is 0 Å². The molecule has 1 N–H and O–H groups in total. The number of aliphatic hydroxyl groups is 1. The van der Waals surface area contributed by atoms with E-state index in [9.17, 15) is 5.11 Å². The molecule has 1 aliphatic heterocycles. The van der Waals surface area contributed by atoms with Gasteiger partial charge < -0.3 is 10.0 Å². The molecule has 0 saturated carbocycles. The lowest BCUT2D eigenvalue weighted by Crippen LogP contribution is -2.32. The molecular formula is C14H22N2O. The first-order valence-electron chi connectivity index (χ1n) is 6.36. The fourth-order valence-electron chi connectivity index (χ4n) is 2.33. The summed E-state index contributed by atoms with van der Waals surface area (Å²) in [5.74, 6) is 0.995. The van der Waals surface area contributed by atoms with Crippen LogP contribution in [0.25, 0.3) is 0 Å². The molecule has 0 amide bonds. The Bertz CT molecular complexity index is 367. The van der Waals surface area contributed by atoms with Crippen LogP contribution < -0.4 is 4.90 Å². The van der Waals surface area contributed by atoms with Gasteiger partial charge in [0, 0.05) is 12.7 Å². The van der Waals surface area contributed by atoms with Crippen LogP contribution in [0.1, 0.15) is 39.2 Å². The highest BCUT2D eigenvalue weighted by atomic mass is 16.3. The second kappa shape index (κ2) is 4.65. The zero-order valence-corrected chi connectivity index (χ0v) is 11.0. The van der Waals surface area contributed by atoms with Gasteiger partial charge in [-0.05, 0) is 29.9 Å². The van der Waals surface area contributed by atoms with Crippen LogP contribution in [0.2, 0.25) is 0 Å². The molecule has 17 heavy (non-hydrogen) atoms. The van der Waals surface area contributed by atoms with Gasteiger partial charge in [-0.25, -0.2) is 4.98 Å². The lowest BCUT2D eigenvalue weighted by Gasteiger charge is -2.25. The number of pyridine rings is 1. The number of hydrogen-bond donors (Lipinski definition) is 1. The summed E-state index contributed by atoms with van der Waals surface area (Å²) < 4.78 is 0.